The van der Waals surface area contributed by atoms with E-state index in [0.29, 0.717) is 0 Å². The van der Waals surface area contributed by atoms with Crippen LogP contribution in [0.15, 0.2) is 36.7 Å². The van der Waals surface area contributed by atoms with Crippen LogP contribution in [0.4, 0.5) is 5.69 Å². The molecule has 0 aliphatic rings. The highest BCUT2D eigenvalue weighted by atomic mass is 127. The molecule has 4 heteroatoms. The lowest BCUT2D eigenvalue weighted by atomic mass is 10.3. The van der Waals surface area contributed by atoms with Gasteiger partial charge in [-0.1, -0.05) is 12.1 Å². The fraction of sp³-hybridized carbons (Fsp3) is 0.182. The van der Waals surface area contributed by atoms with Crippen LogP contribution in [0.2, 0.25) is 0 Å². The summed E-state index contributed by atoms with van der Waals surface area (Å²) in [4.78, 5) is 0. The van der Waals surface area contributed by atoms with E-state index in [9.17, 15) is 0 Å². The van der Waals surface area contributed by atoms with E-state index in [1.165, 1.54) is 14.8 Å². The first kappa shape index (κ1) is 10.5. The third kappa shape index (κ3) is 2.71. The minimum absolute atomic E-state index is 0.813. The van der Waals surface area contributed by atoms with Gasteiger partial charge in [0, 0.05) is 34.6 Å². The number of anilines is 1. The standard InChI is InChI=1S/C11H12IN3/c1-15-8-9(7-14-15)6-13-11-5-3-2-4-10(11)12/h2-5,7-8,13H,6H2,1H3. The number of nitrogens with one attached hydrogen (secondary N) is 1. The number of aromatic nitrogens is 2. The Morgan fingerprint density at radius 2 is 2.20 bits per heavy atom. The van der Waals surface area contributed by atoms with Crippen LogP contribution >= 0.6 is 22.6 Å². The fourth-order valence-corrected chi connectivity index (χ4v) is 1.94. The molecule has 0 fully saturated rings. The van der Waals surface area contributed by atoms with Crippen LogP contribution in [0, 0.1) is 3.57 Å². The maximum absolute atomic E-state index is 4.13. The lowest BCUT2D eigenvalue weighted by Gasteiger charge is -2.06. The fourth-order valence-electron chi connectivity index (χ4n) is 1.37. The Bertz CT molecular complexity index is 451. The van der Waals surface area contributed by atoms with Gasteiger partial charge in [0.05, 0.1) is 6.20 Å². The van der Waals surface area contributed by atoms with Gasteiger partial charge in [-0.3, -0.25) is 4.68 Å². The number of rotatable bonds is 3. The number of nitrogens with zero attached hydrogens (tertiary/aromatic N) is 2. The molecule has 1 N–H and O–H groups in total. The molecule has 0 amide bonds. The smallest absolute Gasteiger partial charge is 0.0539 e. The number of benzene rings is 1. The number of para-hydroxylation sites is 1. The molecule has 0 bridgehead atoms. The van der Waals surface area contributed by atoms with E-state index in [2.05, 4.69) is 45.1 Å². The highest BCUT2D eigenvalue weighted by Crippen LogP contribution is 2.17. The second kappa shape index (κ2) is 4.65. The van der Waals surface area contributed by atoms with Crippen molar-refractivity contribution in [3.05, 3.63) is 45.8 Å². The number of aryl methyl sites for hydroxylation is 1. The monoisotopic (exact) mass is 313 g/mol. The van der Waals surface area contributed by atoms with Crippen molar-refractivity contribution in [2.75, 3.05) is 5.32 Å². The average molecular weight is 313 g/mol. The molecule has 1 heterocycles. The average Bonchev–Trinajstić information content (AvgIpc) is 2.63. The first-order chi connectivity index (χ1) is 7.25. The molecule has 0 aliphatic heterocycles. The van der Waals surface area contributed by atoms with Crippen molar-refractivity contribution in [3.8, 4) is 0 Å². The molecule has 1 aromatic carbocycles. The zero-order valence-electron chi connectivity index (χ0n) is 8.44. The minimum atomic E-state index is 0.813. The summed E-state index contributed by atoms with van der Waals surface area (Å²) >= 11 is 2.32. The van der Waals surface area contributed by atoms with Gasteiger partial charge in [0.15, 0.2) is 0 Å². The van der Waals surface area contributed by atoms with Crippen LogP contribution in [-0.2, 0) is 13.6 Å². The van der Waals surface area contributed by atoms with Gasteiger partial charge in [-0.25, -0.2) is 0 Å². The Morgan fingerprint density at radius 1 is 1.40 bits per heavy atom. The predicted molar refractivity (Wildman–Crippen MR) is 69.7 cm³/mol. The van der Waals surface area contributed by atoms with Crippen LogP contribution in [0.5, 0.6) is 0 Å². The highest BCUT2D eigenvalue weighted by molar-refractivity contribution is 14.1. The lowest BCUT2D eigenvalue weighted by molar-refractivity contribution is 0.767. The quantitative estimate of drug-likeness (QED) is 0.883. The van der Waals surface area contributed by atoms with Gasteiger partial charge < -0.3 is 5.32 Å². The molecule has 0 aliphatic carbocycles. The van der Waals surface area contributed by atoms with Crippen LogP contribution < -0.4 is 5.32 Å². The number of hydrogen-bond donors (Lipinski definition) is 1. The SMILES string of the molecule is Cn1cc(CNc2ccccc2I)cn1. The van der Waals surface area contributed by atoms with Crippen LogP contribution in [-0.4, -0.2) is 9.78 Å². The molecule has 0 saturated carbocycles. The Labute approximate surface area is 103 Å². The van der Waals surface area contributed by atoms with Crippen molar-refractivity contribution < 1.29 is 0 Å². The third-order valence-corrected chi connectivity index (χ3v) is 3.06. The predicted octanol–water partition coefficient (Wildman–Crippen LogP) is 2.64. The first-order valence-electron chi connectivity index (χ1n) is 4.71. The molecule has 3 nitrogen and oxygen atoms in total. The topological polar surface area (TPSA) is 29.9 Å². The maximum Gasteiger partial charge on any atom is 0.0539 e. The van der Waals surface area contributed by atoms with Gasteiger partial charge >= 0.3 is 0 Å². The van der Waals surface area contributed by atoms with E-state index in [0.717, 1.165) is 6.54 Å². The second-order valence-electron chi connectivity index (χ2n) is 3.36. The summed E-state index contributed by atoms with van der Waals surface area (Å²) in [6.07, 6.45) is 3.89. The normalized spacial score (nSPS) is 10.3. The molecule has 0 spiro atoms. The Morgan fingerprint density at radius 3 is 2.87 bits per heavy atom. The lowest BCUT2D eigenvalue weighted by Crippen LogP contribution is -1.99. The van der Waals surface area contributed by atoms with Gasteiger partial charge in [0.1, 0.15) is 0 Å². The summed E-state index contributed by atoms with van der Waals surface area (Å²) in [5, 5.41) is 7.51. The summed E-state index contributed by atoms with van der Waals surface area (Å²) in [7, 11) is 1.93. The van der Waals surface area contributed by atoms with E-state index >= 15 is 0 Å². The first-order valence-corrected chi connectivity index (χ1v) is 5.79. The van der Waals surface area contributed by atoms with Crippen LogP contribution in [0.1, 0.15) is 5.56 Å². The Kier molecular flexibility index (Phi) is 3.25. The van der Waals surface area contributed by atoms with Gasteiger partial charge in [-0.15, -0.1) is 0 Å². The molecule has 2 aromatic rings. The molecule has 2 rings (SSSR count). The van der Waals surface area contributed by atoms with Gasteiger partial charge in [0.2, 0.25) is 0 Å². The van der Waals surface area contributed by atoms with Crippen molar-refractivity contribution in [1.29, 1.82) is 0 Å². The molecule has 0 atom stereocenters. The summed E-state index contributed by atoms with van der Waals surface area (Å²) in [5.41, 5.74) is 2.36. The molecular weight excluding hydrogens is 301 g/mol. The summed E-state index contributed by atoms with van der Waals surface area (Å²) in [6.45, 7) is 0.813. The number of halogens is 1. The van der Waals surface area contributed by atoms with Gasteiger partial charge in [0.25, 0.3) is 0 Å². The summed E-state index contributed by atoms with van der Waals surface area (Å²) in [6, 6.07) is 8.25. The van der Waals surface area contributed by atoms with Gasteiger partial charge in [-0.05, 0) is 34.7 Å². The Hall–Kier alpha value is -1.04. The molecule has 1 aromatic heterocycles. The van der Waals surface area contributed by atoms with Crippen LogP contribution in [0.25, 0.3) is 0 Å². The van der Waals surface area contributed by atoms with E-state index in [1.807, 2.05) is 36.3 Å². The molecule has 0 unspecified atom stereocenters. The second-order valence-corrected chi connectivity index (χ2v) is 4.52. The van der Waals surface area contributed by atoms with E-state index < -0.39 is 0 Å². The zero-order valence-corrected chi connectivity index (χ0v) is 10.6. The molecule has 0 saturated heterocycles. The van der Waals surface area contributed by atoms with Crippen molar-refractivity contribution in [3.63, 3.8) is 0 Å². The van der Waals surface area contributed by atoms with Crippen molar-refractivity contribution in [1.82, 2.24) is 9.78 Å². The van der Waals surface area contributed by atoms with Crippen molar-refractivity contribution in [2.24, 2.45) is 7.05 Å². The number of hydrogen-bond acceptors (Lipinski definition) is 2. The summed E-state index contributed by atoms with van der Waals surface area (Å²) < 4.78 is 3.05. The molecule has 15 heavy (non-hydrogen) atoms. The third-order valence-electron chi connectivity index (χ3n) is 2.12. The minimum Gasteiger partial charge on any atom is -0.380 e. The van der Waals surface area contributed by atoms with Crippen molar-refractivity contribution in [2.45, 2.75) is 6.54 Å². The van der Waals surface area contributed by atoms with E-state index in [-0.39, 0.29) is 0 Å². The highest BCUT2D eigenvalue weighted by Gasteiger charge is 1.99. The summed E-state index contributed by atoms with van der Waals surface area (Å²) in [5.74, 6) is 0. The van der Waals surface area contributed by atoms with Gasteiger partial charge in [-0.2, -0.15) is 5.10 Å². The molecule has 0 radical (unpaired) electrons. The molecule has 78 valence electrons. The molecular formula is C11H12IN3. The largest absolute Gasteiger partial charge is 0.380 e. The van der Waals surface area contributed by atoms with E-state index in [4.69, 9.17) is 0 Å². The van der Waals surface area contributed by atoms with Crippen molar-refractivity contribution >= 4 is 28.3 Å². The van der Waals surface area contributed by atoms with E-state index in [1.54, 1.807) is 0 Å². The zero-order chi connectivity index (χ0) is 10.7. The maximum atomic E-state index is 4.13. The van der Waals surface area contributed by atoms with Crippen LogP contribution in [0.3, 0.4) is 0 Å². The Balaban J connectivity index is 2.02.